The van der Waals surface area contributed by atoms with Gasteiger partial charge in [0.15, 0.2) is 0 Å². The van der Waals surface area contributed by atoms with Crippen LogP contribution in [-0.2, 0) is 5.75 Å². The molecule has 0 saturated heterocycles. The Bertz CT molecular complexity index is 511. The second-order valence-corrected chi connectivity index (χ2v) is 5.47. The van der Waals surface area contributed by atoms with E-state index in [1.165, 1.54) is 5.56 Å². The van der Waals surface area contributed by atoms with Crippen LogP contribution in [0.2, 0.25) is 10.0 Å². The minimum absolute atomic E-state index is 0.730. The van der Waals surface area contributed by atoms with E-state index in [9.17, 15) is 0 Å². The molecular weight excluding hydrogens is 273 g/mol. The molecule has 0 aromatic heterocycles. The Morgan fingerprint density at radius 2 is 1.71 bits per heavy atom. The van der Waals surface area contributed by atoms with Crippen LogP contribution in [0.1, 0.15) is 5.56 Å². The van der Waals surface area contributed by atoms with Crippen LogP contribution in [-0.4, -0.2) is 0 Å². The molecule has 0 bridgehead atoms. The first-order valence-corrected chi connectivity index (χ1v) is 6.81. The normalized spacial score (nSPS) is 10.5. The molecule has 0 unspecified atom stereocenters. The molecule has 0 radical (unpaired) electrons. The predicted molar refractivity (Wildman–Crippen MR) is 76.9 cm³/mol. The van der Waals surface area contributed by atoms with Crippen molar-refractivity contribution in [1.29, 1.82) is 0 Å². The van der Waals surface area contributed by atoms with Crippen LogP contribution >= 0.6 is 35.0 Å². The van der Waals surface area contributed by atoms with Crippen LogP contribution in [0.5, 0.6) is 0 Å². The molecular formula is C13H11Cl2NS. The number of halogens is 2. The van der Waals surface area contributed by atoms with E-state index in [0.29, 0.717) is 0 Å². The molecule has 0 atom stereocenters. The average molecular weight is 284 g/mol. The molecule has 0 aliphatic carbocycles. The second-order valence-electron chi connectivity index (χ2n) is 3.61. The summed E-state index contributed by atoms with van der Waals surface area (Å²) in [4.78, 5) is 1.00. The van der Waals surface area contributed by atoms with Crippen molar-refractivity contribution in [3.05, 3.63) is 58.1 Å². The Hall–Kier alpha value is -0.830. The third kappa shape index (κ3) is 3.56. The zero-order chi connectivity index (χ0) is 12.3. The molecule has 1 nitrogen and oxygen atoms in total. The Morgan fingerprint density at radius 1 is 1.00 bits per heavy atom. The maximum absolute atomic E-state index is 6.09. The highest BCUT2D eigenvalue weighted by Gasteiger charge is 2.02. The van der Waals surface area contributed by atoms with Gasteiger partial charge < -0.3 is 5.73 Å². The summed E-state index contributed by atoms with van der Waals surface area (Å²) in [5.41, 5.74) is 7.66. The van der Waals surface area contributed by atoms with Crippen LogP contribution in [0.4, 0.5) is 5.69 Å². The summed E-state index contributed by atoms with van der Waals surface area (Å²) >= 11 is 13.6. The molecule has 0 spiro atoms. The molecule has 2 rings (SSSR count). The van der Waals surface area contributed by atoms with Gasteiger partial charge in [-0.3, -0.25) is 0 Å². The van der Waals surface area contributed by atoms with Crippen molar-refractivity contribution in [3.8, 4) is 0 Å². The van der Waals surface area contributed by atoms with E-state index in [2.05, 4.69) is 0 Å². The van der Waals surface area contributed by atoms with E-state index in [1.54, 1.807) is 17.8 Å². The first kappa shape index (κ1) is 12.6. The highest BCUT2D eigenvalue weighted by atomic mass is 35.5. The minimum Gasteiger partial charge on any atom is -0.399 e. The number of rotatable bonds is 3. The molecule has 0 aliphatic rings. The fourth-order valence-electron chi connectivity index (χ4n) is 1.37. The topological polar surface area (TPSA) is 26.0 Å². The number of thioether (sulfide) groups is 1. The Labute approximate surface area is 115 Å². The summed E-state index contributed by atoms with van der Waals surface area (Å²) in [6.07, 6.45) is 0. The van der Waals surface area contributed by atoms with Gasteiger partial charge >= 0.3 is 0 Å². The van der Waals surface area contributed by atoms with Crippen LogP contribution in [0.25, 0.3) is 0 Å². The third-order valence-electron chi connectivity index (χ3n) is 2.26. The van der Waals surface area contributed by atoms with Gasteiger partial charge in [0.05, 0.1) is 5.02 Å². The van der Waals surface area contributed by atoms with Crippen molar-refractivity contribution in [1.82, 2.24) is 0 Å². The Morgan fingerprint density at radius 3 is 2.41 bits per heavy atom. The lowest BCUT2D eigenvalue weighted by molar-refractivity contribution is 1.38. The Kier molecular flexibility index (Phi) is 4.21. The van der Waals surface area contributed by atoms with E-state index >= 15 is 0 Å². The van der Waals surface area contributed by atoms with Crippen molar-refractivity contribution in [2.24, 2.45) is 0 Å². The van der Waals surface area contributed by atoms with Crippen molar-refractivity contribution in [2.75, 3.05) is 5.73 Å². The Balaban J connectivity index is 2.07. The summed E-state index contributed by atoms with van der Waals surface area (Å²) in [6, 6.07) is 13.3. The molecule has 2 aromatic carbocycles. The molecule has 0 heterocycles. The maximum Gasteiger partial charge on any atom is 0.0543 e. The van der Waals surface area contributed by atoms with Gasteiger partial charge in [-0.25, -0.2) is 0 Å². The van der Waals surface area contributed by atoms with Crippen molar-refractivity contribution < 1.29 is 0 Å². The monoisotopic (exact) mass is 283 g/mol. The number of nitrogens with two attached hydrogens (primary N) is 1. The third-order valence-corrected chi connectivity index (χ3v) is 4.08. The van der Waals surface area contributed by atoms with Gasteiger partial charge in [0, 0.05) is 21.4 Å². The fourth-order valence-corrected chi connectivity index (χ4v) is 2.72. The van der Waals surface area contributed by atoms with Crippen molar-refractivity contribution >= 4 is 40.7 Å². The van der Waals surface area contributed by atoms with E-state index < -0.39 is 0 Å². The van der Waals surface area contributed by atoms with Crippen LogP contribution in [0.3, 0.4) is 0 Å². The molecule has 88 valence electrons. The van der Waals surface area contributed by atoms with Crippen LogP contribution in [0, 0.1) is 0 Å². The molecule has 0 saturated carbocycles. The lowest BCUT2D eigenvalue weighted by Gasteiger charge is -2.05. The molecule has 0 fully saturated rings. The lowest BCUT2D eigenvalue weighted by Crippen LogP contribution is -1.86. The number of hydrogen-bond donors (Lipinski definition) is 1. The largest absolute Gasteiger partial charge is 0.399 e. The number of benzene rings is 2. The van der Waals surface area contributed by atoms with Crippen LogP contribution in [0.15, 0.2) is 47.4 Å². The standard InChI is InChI=1S/C13H11Cl2NS/c14-10-3-1-9(2-4-10)8-17-13-7-11(16)5-6-12(13)15/h1-7H,8,16H2. The molecule has 2 N–H and O–H groups in total. The van der Waals surface area contributed by atoms with Gasteiger partial charge in [0.2, 0.25) is 0 Å². The smallest absolute Gasteiger partial charge is 0.0543 e. The number of nitrogen functional groups attached to an aromatic ring is 1. The summed E-state index contributed by atoms with van der Waals surface area (Å²) in [7, 11) is 0. The molecule has 0 amide bonds. The van der Waals surface area contributed by atoms with E-state index in [0.717, 1.165) is 26.4 Å². The average Bonchev–Trinajstić information content (AvgIpc) is 2.32. The zero-order valence-corrected chi connectivity index (χ0v) is 11.3. The first-order chi connectivity index (χ1) is 8.15. The molecule has 17 heavy (non-hydrogen) atoms. The molecule has 4 heteroatoms. The van der Waals surface area contributed by atoms with E-state index in [4.69, 9.17) is 28.9 Å². The van der Waals surface area contributed by atoms with Gasteiger partial charge in [-0.2, -0.15) is 0 Å². The van der Waals surface area contributed by atoms with Crippen molar-refractivity contribution in [3.63, 3.8) is 0 Å². The van der Waals surface area contributed by atoms with Gasteiger partial charge in [-0.1, -0.05) is 35.3 Å². The maximum atomic E-state index is 6.09. The van der Waals surface area contributed by atoms with Gasteiger partial charge in [0.25, 0.3) is 0 Å². The summed E-state index contributed by atoms with van der Waals surface area (Å²) in [5.74, 6) is 0.848. The molecule has 2 aromatic rings. The lowest BCUT2D eigenvalue weighted by atomic mass is 10.2. The molecule has 0 aliphatic heterocycles. The van der Waals surface area contributed by atoms with Gasteiger partial charge in [0.1, 0.15) is 0 Å². The second kappa shape index (κ2) is 5.67. The quantitative estimate of drug-likeness (QED) is 0.643. The van der Waals surface area contributed by atoms with Gasteiger partial charge in [-0.05, 0) is 35.9 Å². The number of hydrogen-bond acceptors (Lipinski definition) is 2. The van der Waals surface area contributed by atoms with Crippen LogP contribution < -0.4 is 5.73 Å². The first-order valence-electron chi connectivity index (χ1n) is 5.07. The zero-order valence-electron chi connectivity index (χ0n) is 8.99. The SMILES string of the molecule is Nc1ccc(Cl)c(SCc2ccc(Cl)cc2)c1. The minimum atomic E-state index is 0.730. The predicted octanol–water partition coefficient (Wildman–Crippen LogP) is 4.87. The fraction of sp³-hybridized carbons (Fsp3) is 0.0769. The van der Waals surface area contributed by atoms with Crippen molar-refractivity contribution in [2.45, 2.75) is 10.6 Å². The van der Waals surface area contributed by atoms with E-state index in [-0.39, 0.29) is 0 Å². The van der Waals surface area contributed by atoms with E-state index in [1.807, 2.05) is 36.4 Å². The van der Waals surface area contributed by atoms with Gasteiger partial charge in [-0.15, -0.1) is 11.8 Å². The summed E-state index contributed by atoms with van der Waals surface area (Å²) < 4.78 is 0. The number of anilines is 1. The summed E-state index contributed by atoms with van der Waals surface area (Å²) in [6.45, 7) is 0. The highest BCUT2D eigenvalue weighted by Crippen LogP contribution is 2.31. The highest BCUT2D eigenvalue weighted by molar-refractivity contribution is 7.98. The summed E-state index contributed by atoms with van der Waals surface area (Å²) in [5, 5.41) is 1.49.